The van der Waals surface area contributed by atoms with Crippen LogP contribution in [0.2, 0.25) is 0 Å². The number of carboxylic acid groups (broad SMARTS) is 1. The largest absolute Gasteiger partial charge is 0.483 e. The van der Waals surface area contributed by atoms with Gasteiger partial charge in [-0.05, 0) is 24.3 Å². The molecule has 0 saturated heterocycles. The Balaban J connectivity index is 1.96. The van der Waals surface area contributed by atoms with Gasteiger partial charge in [-0.15, -0.1) is 0 Å². The molecule has 1 amide bonds. The number of ether oxygens (including phenoxy) is 1. The van der Waals surface area contributed by atoms with Crippen molar-refractivity contribution in [2.45, 2.75) is 0 Å². The highest BCUT2D eigenvalue weighted by molar-refractivity contribution is 5.92. The van der Waals surface area contributed by atoms with E-state index in [4.69, 9.17) is 9.84 Å². The molecular weight excluding hydrogens is 282 g/mol. The Morgan fingerprint density at radius 2 is 1.73 bits per heavy atom. The number of para-hydroxylation sites is 2. The quantitative estimate of drug-likeness (QED) is 0.804. The first-order valence-corrected chi connectivity index (χ1v) is 6.63. The molecule has 0 saturated carbocycles. The molecule has 5 heteroatoms. The minimum absolute atomic E-state index is 0.160. The topological polar surface area (TPSA) is 75.6 Å². The van der Waals surface area contributed by atoms with E-state index in [1.807, 2.05) is 18.2 Å². The molecule has 0 bridgehead atoms. The third kappa shape index (κ3) is 4.79. The molecular formula is C17H15NO4. The molecule has 2 aromatic rings. The number of carbonyl (C=O) groups excluding carboxylic acids is 1. The maximum absolute atomic E-state index is 11.8. The Morgan fingerprint density at radius 1 is 1.05 bits per heavy atom. The van der Waals surface area contributed by atoms with Gasteiger partial charge < -0.3 is 15.2 Å². The second-order valence-corrected chi connectivity index (χ2v) is 4.41. The van der Waals surface area contributed by atoms with E-state index in [0.29, 0.717) is 17.0 Å². The fourth-order valence-corrected chi connectivity index (χ4v) is 1.77. The van der Waals surface area contributed by atoms with Crippen molar-refractivity contribution in [3.63, 3.8) is 0 Å². The summed E-state index contributed by atoms with van der Waals surface area (Å²) in [5.74, 6) is -0.886. The number of nitrogens with one attached hydrogen (secondary N) is 1. The van der Waals surface area contributed by atoms with Gasteiger partial charge in [-0.2, -0.15) is 0 Å². The van der Waals surface area contributed by atoms with Crippen LogP contribution in [0.15, 0.2) is 60.7 Å². The Hall–Kier alpha value is -3.08. The first-order valence-electron chi connectivity index (χ1n) is 6.63. The van der Waals surface area contributed by atoms with Crippen LogP contribution in [0, 0.1) is 0 Å². The second-order valence-electron chi connectivity index (χ2n) is 4.41. The molecule has 0 spiro atoms. The lowest BCUT2D eigenvalue weighted by Crippen LogP contribution is -2.20. The minimum Gasteiger partial charge on any atom is -0.483 e. The molecule has 0 fully saturated rings. The Morgan fingerprint density at radius 3 is 2.45 bits per heavy atom. The van der Waals surface area contributed by atoms with Gasteiger partial charge in [0.25, 0.3) is 5.91 Å². The molecule has 2 rings (SSSR count). The Labute approximate surface area is 127 Å². The lowest BCUT2D eigenvalue weighted by atomic mass is 10.2. The average Bonchev–Trinajstić information content (AvgIpc) is 2.52. The van der Waals surface area contributed by atoms with Gasteiger partial charge >= 0.3 is 5.97 Å². The van der Waals surface area contributed by atoms with Gasteiger partial charge in [-0.25, -0.2) is 4.79 Å². The minimum atomic E-state index is -1.04. The number of amides is 1. The third-order valence-electron chi connectivity index (χ3n) is 2.74. The molecule has 0 aromatic heterocycles. The van der Waals surface area contributed by atoms with Crippen molar-refractivity contribution in [3.8, 4) is 5.75 Å². The van der Waals surface area contributed by atoms with Crippen molar-refractivity contribution in [2.24, 2.45) is 0 Å². The van der Waals surface area contributed by atoms with Gasteiger partial charge in [0.15, 0.2) is 6.61 Å². The molecule has 5 nitrogen and oxygen atoms in total. The molecule has 0 aliphatic carbocycles. The van der Waals surface area contributed by atoms with Gasteiger partial charge in [0.2, 0.25) is 0 Å². The standard InChI is InChI=1S/C17H15NO4/c19-16(18-14-7-2-1-3-8-14)12-22-15-9-5-4-6-13(15)10-11-17(20)21/h1-11H,12H2,(H,18,19)(H,20,21). The summed E-state index contributed by atoms with van der Waals surface area (Å²) < 4.78 is 5.45. The van der Waals surface area contributed by atoms with E-state index in [-0.39, 0.29) is 12.5 Å². The number of benzene rings is 2. The van der Waals surface area contributed by atoms with Crippen LogP contribution in [0.25, 0.3) is 6.08 Å². The lowest BCUT2D eigenvalue weighted by molar-refractivity contribution is -0.131. The number of aliphatic carboxylic acids is 1. The zero-order valence-electron chi connectivity index (χ0n) is 11.7. The van der Waals surface area contributed by atoms with Crippen LogP contribution >= 0.6 is 0 Å². The van der Waals surface area contributed by atoms with E-state index < -0.39 is 5.97 Å². The van der Waals surface area contributed by atoms with Crippen LogP contribution < -0.4 is 10.1 Å². The van der Waals surface area contributed by atoms with Gasteiger partial charge in [0.05, 0.1) is 0 Å². The van der Waals surface area contributed by atoms with Crippen LogP contribution in [0.1, 0.15) is 5.56 Å². The molecule has 2 aromatic carbocycles. The number of rotatable bonds is 6. The molecule has 0 atom stereocenters. The highest BCUT2D eigenvalue weighted by Crippen LogP contribution is 2.19. The van der Waals surface area contributed by atoms with E-state index in [1.54, 1.807) is 36.4 Å². The molecule has 112 valence electrons. The SMILES string of the molecule is O=C(O)C=Cc1ccccc1OCC(=O)Nc1ccccc1. The van der Waals surface area contributed by atoms with Crippen molar-refractivity contribution < 1.29 is 19.4 Å². The lowest BCUT2D eigenvalue weighted by Gasteiger charge is -2.09. The third-order valence-corrected chi connectivity index (χ3v) is 2.74. The molecule has 0 radical (unpaired) electrons. The molecule has 0 heterocycles. The average molecular weight is 297 g/mol. The normalized spacial score (nSPS) is 10.4. The summed E-state index contributed by atoms with van der Waals surface area (Å²) in [5.41, 5.74) is 1.28. The predicted molar refractivity (Wildman–Crippen MR) is 83.7 cm³/mol. The first kappa shape index (κ1) is 15.3. The number of carbonyl (C=O) groups is 2. The zero-order chi connectivity index (χ0) is 15.8. The van der Waals surface area contributed by atoms with Crippen molar-refractivity contribution in [1.29, 1.82) is 0 Å². The number of hydrogen-bond donors (Lipinski definition) is 2. The Kier molecular flexibility index (Phi) is 5.31. The summed E-state index contributed by atoms with van der Waals surface area (Å²) in [6.45, 7) is -0.160. The van der Waals surface area contributed by atoms with E-state index in [0.717, 1.165) is 6.08 Å². The summed E-state index contributed by atoms with van der Waals surface area (Å²) in [7, 11) is 0. The molecule has 2 N–H and O–H groups in total. The van der Waals surface area contributed by atoms with Crippen molar-refractivity contribution in [1.82, 2.24) is 0 Å². The maximum Gasteiger partial charge on any atom is 0.328 e. The van der Waals surface area contributed by atoms with Crippen LogP contribution in [0.5, 0.6) is 5.75 Å². The fraction of sp³-hybridized carbons (Fsp3) is 0.0588. The first-order chi connectivity index (χ1) is 10.6. The van der Waals surface area contributed by atoms with E-state index in [1.165, 1.54) is 6.08 Å². The van der Waals surface area contributed by atoms with Crippen molar-refractivity contribution >= 4 is 23.6 Å². The van der Waals surface area contributed by atoms with Crippen LogP contribution in [0.3, 0.4) is 0 Å². The molecule has 0 aliphatic heterocycles. The highest BCUT2D eigenvalue weighted by atomic mass is 16.5. The van der Waals surface area contributed by atoms with Crippen LogP contribution in [-0.2, 0) is 9.59 Å². The summed E-state index contributed by atoms with van der Waals surface area (Å²) >= 11 is 0. The number of hydrogen-bond acceptors (Lipinski definition) is 3. The van der Waals surface area contributed by atoms with Gasteiger partial charge in [0.1, 0.15) is 5.75 Å². The number of anilines is 1. The summed E-state index contributed by atoms with van der Waals surface area (Å²) in [6, 6.07) is 16.0. The number of carboxylic acids is 1. The van der Waals surface area contributed by atoms with E-state index in [2.05, 4.69) is 5.32 Å². The molecule has 0 unspecified atom stereocenters. The zero-order valence-corrected chi connectivity index (χ0v) is 11.7. The Bertz CT molecular complexity index is 680. The van der Waals surface area contributed by atoms with Crippen molar-refractivity contribution in [2.75, 3.05) is 11.9 Å². The maximum atomic E-state index is 11.8. The smallest absolute Gasteiger partial charge is 0.328 e. The second kappa shape index (κ2) is 7.64. The van der Waals surface area contributed by atoms with Crippen molar-refractivity contribution in [3.05, 3.63) is 66.2 Å². The molecule has 0 aliphatic rings. The van der Waals surface area contributed by atoms with Gasteiger partial charge in [-0.1, -0.05) is 36.4 Å². The summed E-state index contributed by atoms with van der Waals surface area (Å²) in [4.78, 5) is 22.4. The predicted octanol–water partition coefficient (Wildman–Crippen LogP) is 2.80. The van der Waals surface area contributed by atoms with Crippen LogP contribution in [0.4, 0.5) is 5.69 Å². The summed E-state index contributed by atoms with van der Waals surface area (Å²) in [6.07, 6.45) is 2.44. The highest BCUT2D eigenvalue weighted by Gasteiger charge is 2.05. The van der Waals surface area contributed by atoms with E-state index >= 15 is 0 Å². The van der Waals surface area contributed by atoms with Gasteiger partial charge in [0, 0.05) is 17.3 Å². The van der Waals surface area contributed by atoms with Crippen LogP contribution in [-0.4, -0.2) is 23.6 Å². The fourth-order valence-electron chi connectivity index (χ4n) is 1.77. The monoisotopic (exact) mass is 297 g/mol. The molecule has 22 heavy (non-hydrogen) atoms. The summed E-state index contributed by atoms with van der Waals surface area (Å²) in [5, 5.41) is 11.4. The van der Waals surface area contributed by atoms with Gasteiger partial charge in [-0.3, -0.25) is 4.79 Å². The van der Waals surface area contributed by atoms with E-state index in [9.17, 15) is 9.59 Å².